The van der Waals surface area contributed by atoms with Gasteiger partial charge in [0.25, 0.3) is 15.9 Å². The zero-order chi connectivity index (χ0) is 26.6. The molecular formula is C25H25ClN6O4S. The maximum atomic E-state index is 13.4. The van der Waals surface area contributed by atoms with E-state index in [1.807, 2.05) is 0 Å². The minimum Gasteiger partial charge on any atom is -0.497 e. The van der Waals surface area contributed by atoms with Crippen molar-refractivity contribution in [3.63, 3.8) is 0 Å². The van der Waals surface area contributed by atoms with E-state index in [1.54, 1.807) is 55.6 Å². The second-order valence-corrected chi connectivity index (χ2v) is 10.1. The molecule has 4 aromatic rings. The molecule has 0 aliphatic heterocycles. The summed E-state index contributed by atoms with van der Waals surface area (Å²) >= 11 is 6.35. The Balaban J connectivity index is 1.73. The molecule has 10 nitrogen and oxygen atoms in total. The lowest BCUT2D eigenvalue weighted by molar-refractivity contribution is 0.0799. The van der Waals surface area contributed by atoms with E-state index in [9.17, 15) is 13.2 Å². The topological polar surface area (TPSA) is 140 Å². The highest BCUT2D eigenvalue weighted by Crippen LogP contribution is 2.32. The molecule has 0 saturated heterocycles. The summed E-state index contributed by atoms with van der Waals surface area (Å²) < 4.78 is 34.5. The highest BCUT2D eigenvalue weighted by molar-refractivity contribution is 7.92. The maximum absolute atomic E-state index is 13.4. The molecule has 0 fully saturated rings. The molecule has 1 amide bonds. The molecule has 0 aliphatic rings. The van der Waals surface area contributed by atoms with Gasteiger partial charge in [-0.15, -0.1) is 0 Å². The van der Waals surface area contributed by atoms with Gasteiger partial charge in [-0.25, -0.2) is 18.4 Å². The van der Waals surface area contributed by atoms with Crippen LogP contribution in [0.25, 0.3) is 11.0 Å². The molecule has 0 aliphatic carbocycles. The molecule has 3 aromatic carbocycles. The zero-order valence-corrected chi connectivity index (χ0v) is 21.7. The van der Waals surface area contributed by atoms with Gasteiger partial charge in [-0.2, -0.15) is 0 Å². The van der Waals surface area contributed by atoms with Crippen LogP contribution in [0.2, 0.25) is 5.02 Å². The Morgan fingerprint density at radius 2 is 1.73 bits per heavy atom. The van der Waals surface area contributed by atoms with Crippen LogP contribution in [0.5, 0.6) is 5.75 Å². The van der Waals surface area contributed by atoms with Crippen LogP contribution < -0.4 is 20.5 Å². The van der Waals surface area contributed by atoms with Crippen LogP contribution in [0.15, 0.2) is 71.6 Å². The fourth-order valence-corrected chi connectivity index (χ4v) is 4.73. The summed E-state index contributed by atoms with van der Waals surface area (Å²) in [5.41, 5.74) is 7.22. The van der Waals surface area contributed by atoms with Gasteiger partial charge in [0.2, 0.25) is 0 Å². The summed E-state index contributed by atoms with van der Waals surface area (Å²) in [6, 6.07) is 17.8. The Hall–Kier alpha value is -3.93. The number of hydrogen-bond donors (Lipinski definition) is 3. The summed E-state index contributed by atoms with van der Waals surface area (Å²) in [6.07, 6.45) is 0. The minimum atomic E-state index is -4.16. The molecule has 0 saturated carbocycles. The largest absolute Gasteiger partial charge is 0.497 e. The number of amides is 1. The number of hydrogen-bond acceptors (Lipinski definition) is 8. The number of aromatic nitrogens is 2. The monoisotopic (exact) mass is 540 g/mol. The predicted octanol–water partition coefficient (Wildman–Crippen LogP) is 3.87. The Labute approximate surface area is 219 Å². The van der Waals surface area contributed by atoms with Crippen molar-refractivity contribution in [2.24, 2.45) is 5.73 Å². The lowest BCUT2D eigenvalue weighted by Gasteiger charge is -2.17. The van der Waals surface area contributed by atoms with Crippen LogP contribution in [0.3, 0.4) is 0 Å². The number of sulfonamides is 1. The van der Waals surface area contributed by atoms with Gasteiger partial charge in [-0.1, -0.05) is 29.8 Å². The molecule has 0 spiro atoms. The van der Waals surface area contributed by atoms with E-state index < -0.39 is 10.0 Å². The minimum absolute atomic E-state index is 0.0467. The standard InChI is InChI=1S/C25H25ClN6O4S/c1-32(13-12-27)25(33)16-6-5-7-18(14-16)37(34,35)31-24-23(28-20-8-3-4-9-21(20)29-24)30-22-15-17(36-2)10-11-19(22)26/h3-11,14-15H,12-13,27H2,1-2H3,(H,28,30)(H,29,31). The van der Waals surface area contributed by atoms with Crippen molar-refractivity contribution in [1.29, 1.82) is 0 Å². The van der Waals surface area contributed by atoms with Crippen molar-refractivity contribution >= 4 is 55.9 Å². The Kier molecular flexibility index (Phi) is 7.77. The molecule has 12 heteroatoms. The van der Waals surface area contributed by atoms with Crippen LogP contribution in [0.4, 0.5) is 17.3 Å². The number of ether oxygens (including phenoxy) is 1. The average Bonchev–Trinajstić information content (AvgIpc) is 2.89. The van der Waals surface area contributed by atoms with Gasteiger partial charge < -0.3 is 20.7 Å². The van der Waals surface area contributed by atoms with Crippen LogP contribution in [0.1, 0.15) is 10.4 Å². The van der Waals surface area contributed by atoms with Gasteiger partial charge >= 0.3 is 0 Å². The number of nitrogens with two attached hydrogens (primary N) is 1. The molecule has 37 heavy (non-hydrogen) atoms. The number of rotatable bonds is 9. The lowest BCUT2D eigenvalue weighted by atomic mass is 10.2. The third-order valence-electron chi connectivity index (χ3n) is 5.43. The van der Waals surface area contributed by atoms with Gasteiger partial charge in [0.15, 0.2) is 11.6 Å². The Morgan fingerprint density at radius 3 is 2.41 bits per heavy atom. The number of anilines is 3. The predicted molar refractivity (Wildman–Crippen MR) is 144 cm³/mol. The summed E-state index contributed by atoms with van der Waals surface area (Å²) in [5.74, 6) is 0.286. The van der Waals surface area contributed by atoms with Gasteiger partial charge in [0.1, 0.15) is 5.75 Å². The number of para-hydroxylation sites is 2. The molecule has 0 bridgehead atoms. The molecular weight excluding hydrogens is 516 g/mol. The Bertz CT molecular complexity index is 1560. The van der Waals surface area contributed by atoms with Gasteiger partial charge in [0, 0.05) is 31.8 Å². The Morgan fingerprint density at radius 1 is 1.03 bits per heavy atom. The number of fused-ring (bicyclic) bond motifs is 1. The molecule has 4 rings (SSSR count). The van der Waals surface area contributed by atoms with Crippen LogP contribution in [-0.2, 0) is 10.0 Å². The van der Waals surface area contributed by atoms with Crippen molar-refractivity contribution in [2.75, 3.05) is 37.3 Å². The van der Waals surface area contributed by atoms with E-state index in [2.05, 4.69) is 20.0 Å². The van der Waals surface area contributed by atoms with E-state index in [0.717, 1.165) is 0 Å². The average molecular weight is 541 g/mol. The van der Waals surface area contributed by atoms with Gasteiger partial charge in [0.05, 0.1) is 33.7 Å². The zero-order valence-electron chi connectivity index (χ0n) is 20.1. The molecule has 4 N–H and O–H groups in total. The SMILES string of the molecule is COc1ccc(Cl)c(Nc2nc3ccccc3nc2NS(=O)(=O)c2cccc(C(=O)N(C)CCN)c2)c1. The first-order valence-corrected chi connectivity index (χ1v) is 13.0. The normalized spacial score (nSPS) is 11.2. The van der Waals surface area contributed by atoms with Crippen molar-refractivity contribution in [3.8, 4) is 5.75 Å². The number of carbonyl (C=O) groups excluding carboxylic acids is 1. The van der Waals surface area contributed by atoms with Gasteiger partial charge in [-0.05, 0) is 42.5 Å². The molecule has 0 radical (unpaired) electrons. The number of nitrogens with zero attached hydrogens (tertiary/aromatic N) is 3. The van der Waals surface area contributed by atoms with Gasteiger partial charge in [-0.3, -0.25) is 9.52 Å². The van der Waals surface area contributed by atoms with Crippen molar-refractivity contribution in [1.82, 2.24) is 14.9 Å². The first-order valence-electron chi connectivity index (χ1n) is 11.2. The number of halogens is 1. The molecule has 192 valence electrons. The maximum Gasteiger partial charge on any atom is 0.263 e. The van der Waals surface area contributed by atoms with Crippen molar-refractivity contribution < 1.29 is 17.9 Å². The third kappa shape index (κ3) is 5.91. The summed E-state index contributed by atoms with van der Waals surface area (Å²) in [6.45, 7) is 0.623. The second-order valence-electron chi connectivity index (χ2n) is 8.03. The van der Waals surface area contributed by atoms with E-state index >= 15 is 0 Å². The number of likely N-dealkylation sites (N-methyl/N-ethyl adjacent to an activating group) is 1. The number of benzene rings is 3. The molecule has 1 aromatic heterocycles. The van der Waals surface area contributed by atoms with Crippen LogP contribution >= 0.6 is 11.6 Å². The number of nitrogens with one attached hydrogen (secondary N) is 2. The molecule has 0 atom stereocenters. The summed E-state index contributed by atoms with van der Waals surface area (Å²) in [5, 5.41) is 3.43. The van der Waals surface area contributed by atoms with Crippen molar-refractivity contribution in [3.05, 3.63) is 77.3 Å². The fraction of sp³-hybridized carbons (Fsp3) is 0.160. The van der Waals surface area contributed by atoms with Crippen molar-refractivity contribution in [2.45, 2.75) is 4.90 Å². The molecule has 0 unspecified atom stereocenters. The highest BCUT2D eigenvalue weighted by atomic mass is 35.5. The lowest BCUT2D eigenvalue weighted by Crippen LogP contribution is -2.31. The second kappa shape index (κ2) is 11.0. The van der Waals surface area contributed by atoms with E-state index in [4.69, 9.17) is 22.1 Å². The quantitative estimate of drug-likeness (QED) is 0.291. The van der Waals surface area contributed by atoms with E-state index in [0.29, 0.717) is 34.0 Å². The summed E-state index contributed by atoms with van der Waals surface area (Å²) in [4.78, 5) is 23.0. The number of carbonyl (C=O) groups is 1. The highest BCUT2D eigenvalue weighted by Gasteiger charge is 2.22. The van der Waals surface area contributed by atoms with E-state index in [1.165, 1.54) is 30.2 Å². The summed E-state index contributed by atoms with van der Waals surface area (Å²) in [7, 11) is -1.04. The molecule has 1 heterocycles. The fourth-order valence-electron chi connectivity index (χ4n) is 3.51. The van der Waals surface area contributed by atoms with E-state index in [-0.39, 0.29) is 34.5 Å². The van der Waals surface area contributed by atoms with Crippen LogP contribution in [0, 0.1) is 0 Å². The number of methoxy groups -OCH3 is 1. The van der Waals surface area contributed by atoms with Crippen LogP contribution in [-0.4, -0.2) is 56.4 Å². The third-order valence-corrected chi connectivity index (χ3v) is 7.10. The smallest absolute Gasteiger partial charge is 0.263 e. The first kappa shape index (κ1) is 26.1. The first-order chi connectivity index (χ1) is 17.7.